The van der Waals surface area contributed by atoms with Gasteiger partial charge in [0, 0.05) is 18.1 Å². The number of amides is 1. The summed E-state index contributed by atoms with van der Waals surface area (Å²) in [5.74, 6) is -0.183. The molecule has 27 heavy (non-hydrogen) atoms. The van der Waals surface area contributed by atoms with Crippen LogP contribution in [0.2, 0.25) is 0 Å². The van der Waals surface area contributed by atoms with Crippen molar-refractivity contribution in [3.63, 3.8) is 0 Å². The van der Waals surface area contributed by atoms with Crippen molar-refractivity contribution in [3.8, 4) is 0 Å². The molecular formula is C20H18N4O3. The Bertz CT molecular complexity index is 910. The fourth-order valence-corrected chi connectivity index (χ4v) is 2.30. The van der Waals surface area contributed by atoms with Gasteiger partial charge in [-0.25, -0.2) is 9.78 Å². The molecule has 0 aliphatic heterocycles. The molecule has 2 N–H and O–H groups in total. The highest BCUT2D eigenvalue weighted by Crippen LogP contribution is 2.18. The molecule has 0 aliphatic carbocycles. The third-order valence-electron chi connectivity index (χ3n) is 3.61. The maximum absolute atomic E-state index is 12.1. The molecule has 0 atom stereocenters. The third-order valence-corrected chi connectivity index (χ3v) is 3.61. The average molecular weight is 362 g/mol. The molecule has 2 aromatic heterocycles. The number of anilines is 3. The van der Waals surface area contributed by atoms with E-state index in [1.807, 2.05) is 0 Å². The summed E-state index contributed by atoms with van der Waals surface area (Å²) in [5, 5.41) is 5.89. The Morgan fingerprint density at radius 1 is 0.963 bits per heavy atom. The molecule has 7 nitrogen and oxygen atoms in total. The van der Waals surface area contributed by atoms with Gasteiger partial charge in [-0.1, -0.05) is 0 Å². The van der Waals surface area contributed by atoms with Crippen LogP contribution in [0.1, 0.15) is 27.6 Å². The predicted octanol–water partition coefficient (Wildman–Crippen LogP) is 3.65. The van der Waals surface area contributed by atoms with Gasteiger partial charge >= 0.3 is 5.97 Å². The number of carbonyl (C=O) groups excluding carboxylic acids is 2. The van der Waals surface area contributed by atoms with Gasteiger partial charge in [-0.3, -0.25) is 9.78 Å². The molecule has 0 spiro atoms. The van der Waals surface area contributed by atoms with E-state index in [2.05, 4.69) is 20.6 Å². The lowest BCUT2D eigenvalue weighted by Gasteiger charge is -2.09. The zero-order chi connectivity index (χ0) is 19.1. The Morgan fingerprint density at radius 3 is 2.37 bits per heavy atom. The maximum atomic E-state index is 12.1. The second-order valence-corrected chi connectivity index (χ2v) is 5.55. The first-order valence-corrected chi connectivity index (χ1v) is 8.37. The summed E-state index contributed by atoms with van der Waals surface area (Å²) in [7, 11) is 0. The van der Waals surface area contributed by atoms with E-state index < -0.39 is 0 Å². The first-order valence-electron chi connectivity index (χ1n) is 8.37. The molecule has 0 bridgehead atoms. The minimum Gasteiger partial charge on any atom is -0.462 e. The smallest absolute Gasteiger partial charge is 0.338 e. The molecule has 7 heteroatoms. The van der Waals surface area contributed by atoms with E-state index in [9.17, 15) is 9.59 Å². The van der Waals surface area contributed by atoms with Crippen LogP contribution in [0.15, 0.2) is 67.1 Å². The third kappa shape index (κ3) is 4.88. The number of esters is 1. The van der Waals surface area contributed by atoms with Crippen molar-refractivity contribution in [2.24, 2.45) is 0 Å². The van der Waals surface area contributed by atoms with Crippen molar-refractivity contribution >= 4 is 29.1 Å². The number of hydrogen-bond donors (Lipinski definition) is 2. The standard InChI is InChI=1S/C20H18N4O3/c1-2-27-20(26)14-5-7-16(8-6-14)23-17-9-10-18(22-13-17)24-19(25)15-4-3-11-21-12-15/h3-13,23H,2H2,1H3,(H,22,24,25). The van der Waals surface area contributed by atoms with E-state index in [4.69, 9.17) is 4.74 Å². The molecule has 2 heterocycles. The van der Waals surface area contributed by atoms with Crippen molar-refractivity contribution in [1.29, 1.82) is 0 Å². The summed E-state index contributed by atoms with van der Waals surface area (Å²) in [6.07, 6.45) is 4.71. The van der Waals surface area contributed by atoms with Crippen LogP contribution in [-0.4, -0.2) is 28.5 Å². The molecule has 0 radical (unpaired) electrons. The predicted molar refractivity (Wildman–Crippen MR) is 102 cm³/mol. The topological polar surface area (TPSA) is 93.2 Å². The number of ether oxygens (including phenoxy) is 1. The van der Waals surface area contributed by atoms with Gasteiger partial charge in [0.05, 0.1) is 29.6 Å². The average Bonchev–Trinajstić information content (AvgIpc) is 2.71. The summed E-state index contributed by atoms with van der Waals surface area (Å²) in [4.78, 5) is 31.9. The number of nitrogens with one attached hydrogen (secondary N) is 2. The summed E-state index contributed by atoms with van der Waals surface area (Å²) < 4.78 is 4.96. The van der Waals surface area contributed by atoms with E-state index in [1.54, 1.807) is 67.8 Å². The zero-order valence-corrected chi connectivity index (χ0v) is 14.7. The largest absolute Gasteiger partial charge is 0.462 e. The van der Waals surface area contributed by atoms with Crippen LogP contribution in [0, 0.1) is 0 Å². The second-order valence-electron chi connectivity index (χ2n) is 5.55. The maximum Gasteiger partial charge on any atom is 0.338 e. The second kappa shape index (κ2) is 8.57. The van der Waals surface area contributed by atoms with Crippen molar-refractivity contribution in [3.05, 3.63) is 78.2 Å². The van der Waals surface area contributed by atoms with Crippen LogP contribution < -0.4 is 10.6 Å². The number of aromatic nitrogens is 2. The van der Waals surface area contributed by atoms with E-state index in [-0.39, 0.29) is 11.9 Å². The van der Waals surface area contributed by atoms with Crippen LogP contribution >= 0.6 is 0 Å². The van der Waals surface area contributed by atoms with E-state index in [0.717, 1.165) is 11.4 Å². The van der Waals surface area contributed by atoms with Gasteiger partial charge in [0.2, 0.25) is 0 Å². The number of rotatable bonds is 6. The number of hydrogen-bond acceptors (Lipinski definition) is 6. The SMILES string of the molecule is CCOC(=O)c1ccc(Nc2ccc(NC(=O)c3cccnc3)nc2)cc1. The summed E-state index contributed by atoms with van der Waals surface area (Å²) in [5.41, 5.74) is 2.51. The first kappa shape index (κ1) is 18.1. The van der Waals surface area contributed by atoms with Crippen LogP contribution in [0.5, 0.6) is 0 Å². The fraction of sp³-hybridized carbons (Fsp3) is 0.100. The highest BCUT2D eigenvalue weighted by Gasteiger charge is 2.07. The Hall–Kier alpha value is -3.74. The van der Waals surface area contributed by atoms with Crippen LogP contribution in [0.3, 0.4) is 0 Å². The summed E-state index contributed by atoms with van der Waals surface area (Å²) >= 11 is 0. The molecule has 0 saturated heterocycles. The molecule has 136 valence electrons. The van der Waals surface area contributed by atoms with Gasteiger partial charge < -0.3 is 15.4 Å². The quantitative estimate of drug-likeness (QED) is 0.650. The van der Waals surface area contributed by atoms with Crippen molar-refractivity contribution in [1.82, 2.24) is 9.97 Å². The van der Waals surface area contributed by atoms with Gasteiger partial charge in [-0.2, -0.15) is 0 Å². The van der Waals surface area contributed by atoms with Gasteiger partial charge in [0.15, 0.2) is 0 Å². The highest BCUT2D eigenvalue weighted by molar-refractivity contribution is 6.03. The number of nitrogens with zero attached hydrogens (tertiary/aromatic N) is 2. The Kier molecular flexibility index (Phi) is 5.73. The lowest BCUT2D eigenvalue weighted by Crippen LogP contribution is -2.13. The molecule has 0 fully saturated rings. The van der Waals surface area contributed by atoms with E-state index >= 15 is 0 Å². The summed E-state index contributed by atoms with van der Waals surface area (Å²) in [6, 6.07) is 13.8. The molecule has 0 aliphatic rings. The number of carbonyl (C=O) groups is 2. The van der Waals surface area contributed by atoms with E-state index in [1.165, 1.54) is 6.20 Å². The fourth-order valence-electron chi connectivity index (χ4n) is 2.30. The number of benzene rings is 1. The van der Waals surface area contributed by atoms with Gasteiger partial charge in [0.1, 0.15) is 5.82 Å². The Morgan fingerprint density at radius 2 is 1.74 bits per heavy atom. The Balaban J connectivity index is 1.60. The van der Waals surface area contributed by atoms with Crippen molar-refractivity contribution < 1.29 is 14.3 Å². The van der Waals surface area contributed by atoms with Crippen molar-refractivity contribution in [2.45, 2.75) is 6.92 Å². The lowest BCUT2D eigenvalue weighted by molar-refractivity contribution is 0.0526. The molecule has 1 aromatic carbocycles. The molecule has 1 amide bonds. The summed E-state index contributed by atoms with van der Waals surface area (Å²) in [6.45, 7) is 2.11. The minimum absolute atomic E-state index is 0.272. The van der Waals surface area contributed by atoms with Crippen LogP contribution in [0.25, 0.3) is 0 Å². The molecular weight excluding hydrogens is 344 g/mol. The first-order chi connectivity index (χ1) is 13.2. The van der Waals surface area contributed by atoms with E-state index in [0.29, 0.717) is 23.6 Å². The van der Waals surface area contributed by atoms with Crippen LogP contribution in [-0.2, 0) is 4.74 Å². The zero-order valence-electron chi connectivity index (χ0n) is 14.7. The van der Waals surface area contributed by atoms with Gasteiger partial charge in [-0.15, -0.1) is 0 Å². The van der Waals surface area contributed by atoms with Gasteiger partial charge in [0.25, 0.3) is 5.91 Å². The minimum atomic E-state index is -0.348. The van der Waals surface area contributed by atoms with Gasteiger partial charge in [-0.05, 0) is 55.5 Å². The normalized spacial score (nSPS) is 10.1. The van der Waals surface area contributed by atoms with Crippen molar-refractivity contribution in [2.75, 3.05) is 17.2 Å². The lowest BCUT2D eigenvalue weighted by atomic mass is 10.2. The Labute approximate surface area is 156 Å². The molecule has 3 aromatic rings. The number of pyridine rings is 2. The molecule has 0 unspecified atom stereocenters. The highest BCUT2D eigenvalue weighted by atomic mass is 16.5. The molecule has 0 saturated carbocycles. The van der Waals surface area contributed by atoms with Crippen LogP contribution in [0.4, 0.5) is 17.2 Å². The molecule has 3 rings (SSSR count). The monoisotopic (exact) mass is 362 g/mol.